The summed E-state index contributed by atoms with van der Waals surface area (Å²) in [6.07, 6.45) is 1.86. The number of fused-ring (bicyclic) bond motifs is 1. The first-order valence-corrected chi connectivity index (χ1v) is 8.60. The predicted octanol–water partition coefficient (Wildman–Crippen LogP) is 3.37. The molecule has 0 saturated heterocycles. The quantitative estimate of drug-likeness (QED) is 0.846. The van der Waals surface area contributed by atoms with E-state index in [2.05, 4.69) is 5.32 Å². The molecule has 0 fully saturated rings. The number of carbonyl (C=O) groups is 1. The summed E-state index contributed by atoms with van der Waals surface area (Å²) >= 11 is 0. The van der Waals surface area contributed by atoms with Gasteiger partial charge in [0.15, 0.2) is 11.5 Å². The fourth-order valence-corrected chi connectivity index (χ4v) is 2.97. The van der Waals surface area contributed by atoms with Crippen LogP contribution in [0, 0.1) is 0 Å². The smallest absolute Gasteiger partial charge is 0.251 e. The second kappa shape index (κ2) is 8.03. The van der Waals surface area contributed by atoms with Crippen LogP contribution in [0.25, 0.3) is 6.08 Å². The fourth-order valence-electron chi connectivity index (χ4n) is 2.97. The van der Waals surface area contributed by atoms with Crippen LogP contribution in [0.3, 0.4) is 0 Å². The van der Waals surface area contributed by atoms with Crippen molar-refractivity contribution >= 4 is 12.0 Å². The first kappa shape index (κ1) is 18.6. The molecule has 6 nitrogen and oxygen atoms in total. The van der Waals surface area contributed by atoms with Gasteiger partial charge in [0.05, 0.1) is 32.9 Å². The summed E-state index contributed by atoms with van der Waals surface area (Å²) in [6, 6.07) is 11.0. The molecular formula is C21H23NO5. The third-order valence-corrected chi connectivity index (χ3v) is 4.46. The number of para-hydroxylation sites is 1. The lowest BCUT2D eigenvalue weighted by Gasteiger charge is -2.21. The van der Waals surface area contributed by atoms with E-state index in [-0.39, 0.29) is 18.6 Å². The molecule has 1 unspecified atom stereocenters. The molecular weight excluding hydrogens is 346 g/mol. The van der Waals surface area contributed by atoms with Crippen molar-refractivity contribution in [1.82, 2.24) is 5.32 Å². The van der Waals surface area contributed by atoms with E-state index in [1.165, 1.54) is 0 Å². The molecule has 1 N–H and O–H groups in total. The van der Waals surface area contributed by atoms with Crippen LogP contribution in [0.2, 0.25) is 0 Å². The highest BCUT2D eigenvalue weighted by Gasteiger charge is 2.21. The lowest BCUT2D eigenvalue weighted by Crippen LogP contribution is -2.30. The monoisotopic (exact) mass is 369 g/mol. The molecule has 6 heteroatoms. The van der Waals surface area contributed by atoms with Gasteiger partial charge in [0.2, 0.25) is 5.75 Å². The Morgan fingerprint density at radius 1 is 1.07 bits per heavy atom. The summed E-state index contributed by atoms with van der Waals surface area (Å²) < 4.78 is 21.8. The van der Waals surface area contributed by atoms with E-state index in [0.29, 0.717) is 22.8 Å². The van der Waals surface area contributed by atoms with E-state index < -0.39 is 0 Å². The van der Waals surface area contributed by atoms with Crippen LogP contribution in [-0.4, -0.2) is 33.8 Å². The third kappa shape index (κ3) is 3.84. The minimum atomic E-state index is -0.260. The molecule has 1 atom stereocenters. The molecule has 1 heterocycles. The first-order chi connectivity index (χ1) is 13.1. The number of benzene rings is 2. The Balaban J connectivity index is 1.80. The van der Waals surface area contributed by atoms with Gasteiger partial charge in [0.25, 0.3) is 5.91 Å². The van der Waals surface area contributed by atoms with Crippen LogP contribution in [-0.2, 0) is 4.79 Å². The van der Waals surface area contributed by atoms with Gasteiger partial charge in [-0.25, -0.2) is 0 Å². The molecule has 142 valence electrons. The molecule has 1 aliphatic rings. The van der Waals surface area contributed by atoms with E-state index in [4.69, 9.17) is 18.9 Å². The SMILES string of the molecule is COc1cc(C(C)NC(=O)C2=Cc3ccccc3OC2)cc(OC)c1OC. The lowest BCUT2D eigenvalue weighted by molar-refractivity contribution is -0.118. The highest BCUT2D eigenvalue weighted by atomic mass is 16.5. The first-order valence-electron chi connectivity index (χ1n) is 8.60. The molecule has 1 aliphatic heterocycles. The normalized spacial score (nSPS) is 13.6. The van der Waals surface area contributed by atoms with Gasteiger partial charge in [-0.2, -0.15) is 0 Å². The summed E-state index contributed by atoms with van der Waals surface area (Å²) in [5.74, 6) is 2.21. The van der Waals surface area contributed by atoms with Crippen molar-refractivity contribution in [2.45, 2.75) is 13.0 Å². The van der Waals surface area contributed by atoms with E-state index in [1.807, 2.05) is 49.4 Å². The number of nitrogens with one attached hydrogen (secondary N) is 1. The lowest BCUT2D eigenvalue weighted by atomic mass is 10.0. The van der Waals surface area contributed by atoms with Crippen molar-refractivity contribution in [2.24, 2.45) is 0 Å². The summed E-state index contributed by atoms with van der Waals surface area (Å²) in [5.41, 5.74) is 2.32. The van der Waals surface area contributed by atoms with Gasteiger partial charge in [-0.1, -0.05) is 18.2 Å². The number of rotatable bonds is 6. The largest absolute Gasteiger partial charge is 0.493 e. The third-order valence-electron chi connectivity index (χ3n) is 4.46. The molecule has 27 heavy (non-hydrogen) atoms. The molecule has 3 rings (SSSR count). The van der Waals surface area contributed by atoms with Crippen LogP contribution in [0.5, 0.6) is 23.0 Å². The summed E-state index contributed by atoms with van der Waals surface area (Å²) in [6.45, 7) is 2.14. The molecule has 2 aromatic carbocycles. The molecule has 1 amide bonds. The second-order valence-corrected chi connectivity index (χ2v) is 6.15. The molecule has 0 aliphatic carbocycles. The van der Waals surface area contributed by atoms with Crippen LogP contribution in [0.4, 0.5) is 0 Å². The highest BCUT2D eigenvalue weighted by molar-refractivity contribution is 5.99. The number of hydrogen-bond donors (Lipinski definition) is 1. The molecule has 0 aromatic heterocycles. The average molecular weight is 369 g/mol. The van der Waals surface area contributed by atoms with Crippen molar-refractivity contribution in [1.29, 1.82) is 0 Å². The Kier molecular flexibility index (Phi) is 5.54. The zero-order valence-corrected chi connectivity index (χ0v) is 15.9. The van der Waals surface area contributed by atoms with E-state index in [9.17, 15) is 4.79 Å². The van der Waals surface area contributed by atoms with Crippen molar-refractivity contribution in [3.63, 3.8) is 0 Å². The standard InChI is InChI=1S/C21H23NO5/c1-13(15-10-18(24-2)20(26-4)19(11-15)25-3)22-21(23)16-9-14-7-5-6-8-17(14)27-12-16/h5-11,13H,12H2,1-4H3,(H,22,23). The predicted molar refractivity (Wildman–Crippen MR) is 103 cm³/mol. The minimum absolute atomic E-state index is 0.175. The van der Waals surface area contributed by atoms with E-state index in [1.54, 1.807) is 21.3 Å². The topological polar surface area (TPSA) is 66.0 Å². The van der Waals surface area contributed by atoms with Crippen LogP contribution in [0.15, 0.2) is 42.0 Å². The molecule has 0 spiro atoms. The molecule has 2 aromatic rings. The minimum Gasteiger partial charge on any atom is -0.493 e. The molecule has 0 radical (unpaired) electrons. The van der Waals surface area contributed by atoms with Crippen LogP contribution < -0.4 is 24.3 Å². The number of hydrogen-bond acceptors (Lipinski definition) is 5. The second-order valence-electron chi connectivity index (χ2n) is 6.15. The zero-order valence-electron chi connectivity index (χ0n) is 15.9. The zero-order chi connectivity index (χ0) is 19.4. The Morgan fingerprint density at radius 3 is 2.37 bits per heavy atom. The van der Waals surface area contributed by atoms with Crippen molar-refractivity contribution in [2.75, 3.05) is 27.9 Å². The maximum absolute atomic E-state index is 12.7. The van der Waals surface area contributed by atoms with Gasteiger partial charge in [-0.15, -0.1) is 0 Å². The van der Waals surface area contributed by atoms with Crippen LogP contribution >= 0.6 is 0 Å². The van der Waals surface area contributed by atoms with Crippen molar-refractivity contribution < 1.29 is 23.7 Å². The van der Waals surface area contributed by atoms with Gasteiger partial charge in [-0.3, -0.25) is 4.79 Å². The number of ether oxygens (including phenoxy) is 4. The van der Waals surface area contributed by atoms with Gasteiger partial charge >= 0.3 is 0 Å². The van der Waals surface area contributed by atoms with Gasteiger partial charge in [-0.05, 0) is 36.8 Å². The average Bonchev–Trinajstić information content (AvgIpc) is 2.71. The summed E-state index contributed by atoms with van der Waals surface area (Å²) in [5, 5.41) is 3.00. The van der Waals surface area contributed by atoms with Crippen molar-refractivity contribution in [3.05, 3.63) is 53.1 Å². The maximum atomic E-state index is 12.7. The Morgan fingerprint density at radius 2 is 1.74 bits per heavy atom. The molecule has 0 bridgehead atoms. The highest BCUT2D eigenvalue weighted by Crippen LogP contribution is 2.39. The van der Waals surface area contributed by atoms with Gasteiger partial charge in [0.1, 0.15) is 12.4 Å². The van der Waals surface area contributed by atoms with Crippen molar-refractivity contribution in [3.8, 4) is 23.0 Å². The molecule has 0 saturated carbocycles. The Bertz CT molecular complexity index is 850. The summed E-state index contributed by atoms with van der Waals surface area (Å²) in [7, 11) is 4.68. The van der Waals surface area contributed by atoms with Gasteiger partial charge in [0, 0.05) is 5.56 Å². The van der Waals surface area contributed by atoms with Gasteiger partial charge < -0.3 is 24.3 Å². The number of amides is 1. The van der Waals surface area contributed by atoms with E-state index >= 15 is 0 Å². The number of methoxy groups -OCH3 is 3. The van der Waals surface area contributed by atoms with E-state index in [0.717, 1.165) is 16.9 Å². The Hall–Kier alpha value is -3.15. The Labute approximate surface area is 158 Å². The summed E-state index contributed by atoms with van der Waals surface area (Å²) in [4.78, 5) is 12.7. The maximum Gasteiger partial charge on any atom is 0.251 e. The fraction of sp³-hybridized carbons (Fsp3) is 0.286. The number of carbonyl (C=O) groups excluding carboxylic acids is 1. The van der Waals surface area contributed by atoms with Crippen LogP contribution in [0.1, 0.15) is 24.1 Å².